The van der Waals surface area contributed by atoms with Gasteiger partial charge in [0.2, 0.25) is 0 Å². The Labute approximate surface area is 48.6 Å². The maximum Gasteiger partial charge on any atom is 0.0784 e. The summed E-state index contributed by atoms with van der Waals surface area (Å²) in [6.45, 7) is 0.192. The Morgan fingerprint density at radius 3 is 2.00 bits per heavy atom. The van der Waals surface area contributed by atoms with Crippen molar-refractivity contribution in [1.29, 1.82) is 0 Å². The molecule has 0 aromatic carbocycles. The number of rotatable bonds is 3. The van der Waals surface area contributed by atoms with Crippen LogP contribution in [0.15, 0.2) is 0 Å². The summed E-state index contributed by atoms with van der Waals surface area (Å²) >= 11 is 0. The summed E-state index contributed by atoms with van der Waals surface area (Å²) in [6.07, 6.45) is 0.351. The third-order valence-corrected chi connectivity index (χ3v) is 0.957. The van der Waals surface area contributed by atoms with Crippen LogP contribution in [0.3, 0.4) is 0 Å². The smallest absolute Gasteiger partial charge is 0.0784 e. The Morgan fingerprint density at radius 1 is 1.38 bits per heavy atom. The molecule has 0 bridgehead atoms. The molecule has 0 aliphatic rings. The van der Waals surface area contributed by atoms with Crippen molar-refractivity contribution in [1.82, 2.24) is 0 Å². The van der Waals surface area contributed by atoms with Gasteiger partial charge in [0.25, 0.3) is 0 Å². The molecule has 8 heavy (non-hydrogen) atoms. The van der Waals surface area contributed by atoms with E-state index < -0.39 is 5.66 Å². The van der Waals surface area contributed by atoms with Gasteiger partial charge in [0.05, 0.1) is 5.66 Å². The van der Waals surface area contributed by atoms with E-state index in [0.29, 0.717) is 6.42 Å². The molecule has 0 aromatic rings. The third kappa shape index (κ3) is 2.92. The molecule has 0 saturated carbocycles. The summed E-state index contributed by atoms with van der Waals surface area (Å²) in [4.78, 5) is 0. The number of aliphatic hydroxyl groups excluding tert-OH is 1. The second-order valence-electron chi connectivity index (χ2n) is 1.91. The lowest BCUT2D eigenvalue weighted by molar-refractivity contribution is 0.243. The topological polar surface area (TPSA) is 98.3 Å². The van der Waals surface area contributed by atoms with Crippen LogP contribution in [0.2, 0.25) is 0 Å². The van der Waals surface area contributed by atoms with E-state index in [1.54, 1.807) is 0 Å². The Hall–Kier alpha value is -0.160. The Kier molecular flexibility index (Phi) is 2.93. The zero-order valence-corrected chi connectivity index (χ0v) is 4.80. The Morgan fingerprint density at radius 2 is 1.88 bits per heavy atom. The minimum absolute atomic E-state index is 0.00972. The molecule has 0 heterocycles. The van der Waals surface area contributed by atoms with E-state index in [4.69, 9.17) is 22.3 Å². The van der Waals surface area contributed by atoms with Crippen LogP contribution in [0.4, 0.5) is 0 Å². The molecule has 0 aliphatic heterocycles. The predicted octanol–water partition coefficient (Wildman–Crippen LogP) is -2.06. The highest BCUT2D eigenvalue weighted by atomic mass is 16.3. The van der Waals surface area contributed by atoms with Gasteiger partial charge in [-0.15, -0.1) is 0 Å². The summed E-state index contributed by atoms with van der Waals surface area (Å²) in [5.41, 5.74) is 14.9. The van der Waals surface area contributed by atoms with Crippen molar-refractivity contribution in [3.8, 4) is 0 Å². The number of hydrogen-bond acceptors (Lipinski definition) is 4. The molecule has 0 fully saturated rings. The molecule has 0 rings (SSSR count). The van der Waals surface area contributed by atoms with Gasteiger partial charge in [0.15, 0.2) is 0 Å². The van der Waals surface area contributed by atoms with E-state index in [1.165, 1.54) is 0 Å². The van der Waals surface area contributed by atoms with Crippen LogP contribution >= 0.6 is 0 Å². The van der Waals surface area contributed by atoms with Crippen molar-refractivity contribution in [2.45, 2.75) is 12.1 Å². The van der Waals surface area contributed by atoms with Crippen LogP contribution in [-0.4, -0.2) is 23.9 Å². The van der Waals surface area contributed by atoms with Crippen LogP contribution in [0, 0.1) is 0 Å². The van der Waals surface area contributed by atoms with E-state index in [2.05, 4.69) is 0 Å². The predicted molar refractivity (Wildman–Crippen MR) is 31.9 cm³/mol. The first-order valence-electron chi connectivity index (χ1n) is 2.51. The lowest BCUT2D eigenvalue weighted by Crippen LogP contribution is -2.55. The molecule has 0 spiro atoms. The van der Waals surface area contributed by atoms with Gasteiger partial charge in [-0.1, -0.05) is 0 Å². The zero-order chi connectivity index (χ0) is 6.62. The van der Waals surface area contributed by atoms with Crippen molar-refractivity contribution < 1.29 is 5.11 Å². The fourth-order valence-corrected chi connectivity index (χ4v) is 0.310. The largest absolute Gasteiger partial charge is 0.396 e. The minimum Gasteiger partial charge on any atom is -0.396 e. The minimum atomic E-state index is -0.880. The molecule has 0 aromatic heterocycles. The quantitative estimate of drug-likeness (QED) is 0.321. The van der Waals surface area contributed by atoms with Gasteiger partial charge in [-0.2, -0.15) is 0 Å². The van der Waals surface area contributed by atoms with Gasteiger partial charge in [-0.05, 0) is 0 Å². The maximum atomic E-state index is 8.32. The molecule has 0 radical (unpaired) electrons. The molecule has 7 N–H and O–H groups in total. The first-order valence-corrected chi connectivity index (χ1v) is 2.51. The van der Waals surface area contributed by atoms with Gasteiger partial charge < -0.3 is 22.3 Å². The standard InChI is InChI=1S/C4H13N3O/c5-3-4(6,7)1-2-8/h8H,1-3,5-7H2. The van der Waals surface area contributed by atoms with Gasteiger partial charge in [-0.3, -0.25) is 0 Å². The van der Waals surface area contributed by atoms with E-state index >= 15 is 0 Å². The fourth-order valence-electron chi connectivity index (χ4n) is 0.310. The van der Waals surface area contributed by atoms with Crippen LogP contribution in [0.1, 0.15) is 6.42 Å². The molecule has 0 atom stereocenters. The number of hydrogen-bond donors (Lipinski definition) is 4. The molecule has 0 amide bonds. The summed E-state index contributed by atoms with van der Waals surface area (Å²) < 4.78 is 0. The number of nitrogens with two attached hydrogens (primary N) is 3. The van der Waals surface area contributed by atoms with Crippen molar-refractivity contribution in [3.05, 3.63) is 0 Å². The summed E-state index contributed by atoms with van der Waals surface area (Å²) in [6, 6.07) is 0. The Balaban J connectivity index is 3.37. The lowest BCUT2D eigenvalue weighted by atomic mass is 10.1. The van der Waals surface area contributed by atoms with Gasteiger partial charge in [0, 0.05) is 19.6 Å². The third-order valence-electron chi connectivity index (χ3n) is 0.957. The first-order chi connectivity index (χ1) is 3.62. The van der Waals surface area contributed by atoms with Crippen LogP contribution in [0.25, 0.3) is 0 Å². The average Bonchev–Trinajstić information content (AvgIpc) is 1.67. The van der Waals surface area contributed by atoms with Gasteiger partial charge >= 0.3 is 0 Å². The molecular weight excluding hydrogens is 106 g/mol. The molecule has 0 unspecified atom stereocenters. The molecule has 4 heteroatoms. The van der Waals surface area contributed by atoms with E-state index in [1.807, 2.05) is 0 Å². The van der Waals surface area contributed by atoms with Crippen molar-refractivity contribution in [3.63, 3.8) is 0 Å². The highest BCUT2D eigenvalue weighted by Crippen LogP contribution is 1.91. The van der Waals surface area contributed by atoms with Crippen LogP contribution in [-0.2, 0) is 0 Å². The van der Waals surface area contributed by atoms with E-state index in [-0.39, 0.29) is 13.2 Å². The second kappa shape index (κ2) is 2.99. The summed E-state index contributed by atoms with van der Waals surface area (Å²) in [7, 11) is 0. The highest BCUT2D eigenvalue weighted by molar-refractivity contribution is 4.76. The van der Waals surface area contributed by atoms with Crippen molar-refractivity contribution in [2.75, 3.05) is 13.2 Å². The summed E-state index contributed by atoms with van der Waals surface area (Å²) in [5, 5.41) is 8.32. The Bertz CT molecular complexity index is 64.3. The fraction of sp³-hybridized carbons (Fsp3) is 1.00. The average molecular weight is 119 g/mol. The van der Waals surface area contributed by atoms with Crippen LogP contribution < -0.4 is 17.2 Å². The monoisotopic (exact) mass is 119 g/mol. The second-order valence-corrected chi connectivity index (χ2v) is 1.91. The van der Waals surface area contributed by atoms with E-state index in [9.17, 15) is 0 Å². The molecule has 4 nitrogen and oxygen atoms in total. The summed E-state index contributed by atoms with van der Waals surface area (Å²) in [5.74, 6) is 0. The molecular formula is C4H13N3O. The van der Waals surface area contributed by atoms with Crippen molar-refractivity contribution in [2.24, 2.45) is 17.2 Å². The van der Waals surface area contributed by atoms with E-state index in [0.717, 1.165) is 0 Å². The molecule has 0 aliphatic carbocycles. The lowest BCUT2D eigenvalue weighted by Gasteiger charge is -2.20. The van der Waals surface area contributed by atoms with Gasteiger partial charge in [-0.25, -0.2) is 0 Å². The van der Waals surface area contributed by atoms with Gasteiger partial charge in [0.1, 0.15) is 0 Å². The molecule has 50 valence electrons. The SMILES string of the molecule is NCC(N)(N)CCO. The normalized spacial score (nSPS) is 12.0. The number of aliphatic hydroxyl groups is 1. The zero-order valence-electron chi connectivity index (χ0n) is 4.80. The van der Waals surface area contributed by atoms with Crippen LogP contribution in [0.5, 0.6) is 0 Å². The first kappa shape index (κ1) is 7.84. The highest BCUT2D eigenvalue weighted by Gasteiger charge is 2.14. The molecule has 0 saturated heterocycles. The van der Waals surface area contributed by atoms with Crippen molar-refractivity contribution >= 4 is 0 Å². The maximum absolute atomic E-state index is 8.32.